The average Bonchev–Trinajstić information content (AvgIpc) is 2.68. The summed E-state index contributed by atoms with van der Waals surface area (Å²) in [4.78, 5) is 12.1. The van der Waals surface area contributed by atoms with Crippen molar-refractivity contribution in [3.05, 3.63) is 96.5 Å². The number of hydrogen-bond donors (Lipinski definition) is 0. The molecule has 0 spiro atoms. The van der Waals surface area contributed by atoms with Gasteiger partial charge in [0.2, 0.25) is 0 Å². The molecule has 0 aliphatic rings. The molecular weight excluding hydrogens is 404 g/mol. The standard InChI is InChI=1S/C25H34O3Si2/c1-29(2,3)23(21-13-9-7-10-14-21)17-19-27-25(26)28-20-18-24(30(4,5)6)22-15-11-8-12-16-22/h7-20,23-24H,1-6H3. The van der Waals surface area contributed by atoms with Gasteiger partial charge in [0.05, 0.1) is 28.7 Å². The van der Waals surface area contributed by atoms with Gasteiger partial charge >= 0.3 is 6.16 Å². The molecule has 2 unspecified atom stereocenters. The normalized spacial score (nSPS) is 14.6. The molecule has 0 amide bonds. The second kappa shape index (κ2) is 10.6. The lowest BCUT2D eigenvalue weighted by molar-refractivity contribution is 0.119. The summed E-state index contributed by atoms with van der Waals surface area (Å²) in [6, 6.07) is 20.7. The molecule has 2 atom stereocenters. The number of carbonyl (C=O) groups excluding carboxylic acids is 1. The van der Waals surface area contributed by atoms with Crippen LogP contribution in [0.25, 0.3) is 0 Å². The molecule has 0 bridgehead atoms. The van der Waals surface area contributed by atoms with E-state index in [9.17, 15) is 4.79 Å². The predicted octanol–water partition coefficient (Wildman–Crippen LogP) is 7.49. The van der Waals surface area contributed by atoms with Crippen molar-refractivity contribution in [2.45, 2.75) is 50.4 Å². The van der Waals surface area contributed by atoms with Crippen LogP contribution in [0.2, 0.25) is 39.3 Å². The van der Waals surface area contributed by atoms with E-state index in [1.165, 1.54) is 23.7 Å². The summed E-state index contributed by atoms with van der Waals surface area (Å²) in [6.07, 6.45) is 6.17. The Hall–Kier alpha value is -2.38. The smallest absolute Gasteiger partial charge is 0.403 e. The largest absolute Gasteiger partial charge is 0.518 e. The van der Waals surface area contributed by atoms with E-state index >= 15 is 0 Å². The fraction of sp³-hybridized carbons (Fsp3) is 0.320. The third kappa shape index (κ3) is 7.46. The van der Waals surface area contributed by atoms with Crippen LogP contribution in [0.15, 0.2) is 85.3 Å². The molecule has 2 aromatic carbocycles. The maximum atomic E-state index is 12.1. The second-order valence-electron chi connectivity index (χ2n) is 9.65. The lowest BCUT2D eigenvalue weighted by Gasteiger charge is -2.26. The SMILES string of the molecule is C[Si](C)(C)C(C=COC(=O)OC=CC(c1ccccc1)[Si](C)(C)C)c1ccccc1. The minimum absolute atomic E-state index is 0.261. The van der Waals surface area contributed by atoms with Crippen LogP contribution < -0.4 is 0 Å². The zero-order valence-corrected chi connectivity index (χ0v) is 21.0. The van der Waals surface area contributed by atoms with Gasteiger partial charge in [-0.2, -0.15) is 0 Å². The Kier molecular flexibility index (Phi) is 8.44. The van der Waals surface area contributed by atoms with Gasteiger partial charge in [-0.1, -0.05) is 99.9 Å². The van der Waals surface area contributed by atoms with Crippen molar-refractivity contribution in [2.75, 3.05) is 0 Å². The summed E-state index contributed by atoms with van der Waals surface area (Å²) in [5.74, 6) is 0. The van der Waals surface area contributed by atoms with Gasteiger partial charge in [0.15, 0.2) is 0 Å². The summed E-state index contributed by atoms with van der Waals surface area (Å²) in [5, 5.41) is 0. The first-order valence-electron chi connectivity index (χ1n) is 10.4. The number of benzene rings is 2. The Morgan fingerprint density at radius 1 is 0.667 bits per heavy atom. The van der Waals surface area contributed by atoms with Gasteiger partial charge in [-0.25, -0.2) is 4.79 Å². The van der Waals surface area contributed by atoms with Gasteiger partial charge in [0.1, 0.15) is 0 Å². The molecule has 0 radical (unpaired) electrons. The molecule has 0 saturated heterocycles. The van der Waals surface area contributed by atoms with E-state index in [4.69, 9.17) is 9.47 Å². The van der Waals surface area contributed by atoms with Crippen LogP contribution in [-0.4, -0.2) is 22.3 Å². The molecule has 0 N–H and O–H groups in total. The van der Waals surface area contributed by atoms with E-state index in [1.807, 2.05) is 48.6 Å². The molecule has 0 heterocycles. The molecule has 5 heteroatoms. The van der Waals surface area contributed by atoms with Crippen LogP contribution in [0, 0.1) is 0 Å². The highest BCUT2D eigenvalue weighted by Crippen LogP contribution is 2.29. The second-order valence-corrected chi connectivity index (χ2v) is 20.4. The first kappa shape index (κ1) is 23.9. The van der Waals surface area contributed by atoms with Crippen LogP contribution >= 0.6 is 0 Å². The van der Waals surface area contributed by atoms with Crippen molar-refractivity contribution in [3.8, 4) is 0 Å². The van der Waals surface area contributed by atoms with Crippen molar-refractivity contribution >= 4 is 22.3 Å². The Morgan fingerprint density at radius 2 is 1.00 bits per heavy atom. The van der Waals surface area contributed by atoms with Crippen molar-refractivity contribution < 1.29 is 14.3 Å². The van der Waals surface area contributed by atoms with Crippen LogP contribution in [0.5, 0.6) is 0 Å². The Labute approximate surface area is 183 Å². The summed E-state index contributed by atoms with van der Waals surface area (Å²) in [5.41, 5.74) is 3.00. The van der Waals surface area contributed by atoms with Gasteiger partial charge in [-0.3, -0.25) is 0 Å². The fourth-order valence-corrected chi connectivity index (χ4v) is 7.19. The highest BCUT2D eigenvalue weighted by molar-refractivity contribution is 6.78. The molecule has 0 fully saturated rings. The highest BCUT2D eigenvalue weighted by atomic mass is 28.3. The summed E-state index contributed by atoms with van der Waals surface area (Å²) >= 11 is 0. The van der Waals surface area contributed by atoms with E-state index in [2.05, 4.69) is 63.5 Å². The molecule has 2 aromatic rings. The molecule has 0 saturated carbocycles. The van der Waals surface area contributed by atoms with Crippen LogP contribution in [0.3, 0.4) is 0 Å². The van der Waals surface area contributed by atoms with Crippen molar-refractivity contribution in [2.24, 2.45) is 0 Å². The lowest BCUT2D eigenvalue weighted by Crippen LogP contribution is -2.29. The number of carbonyl (C=O) groups is 1. The first-order valence-corrected chi connectivity index (χ1v) is 17.5. The molecule has 0 aliphatic carbocycles. The zero-order valence-electron chi connectivity index (χ0n) is 19.0. The zero-order chi connectivity index (χ0) is 22.2. The molecule has 3 nitrogen and oxygen atoms in total. The number of hydrogen-bond acceptors (Lipinski definition) is 3. The van der Waals surface area contributed by atoms with Crippen molar-refractivity contribution in [1.29, 1.82) is 0 Å². The van der Waals surface area contributed by atoms with Crippen molar-refractivity contribution in [1.82, 2.24) is 0 Å². The quantitative estimate of drug-likeness (QED) is 0.243. The number of rotatable bonds is 8. The third-order valence-electron chi connectivity index (χ3n) is 5.05. The van der Waals surface area contributed by atoms with E-state index in [0.717, 1.165) is 0 Å². The predicted molar refractivity (Wildman–Crippen MR) is 131 cm³/mol. The van der Waals surface area contributed by atoms with Gasteiger partial charge in [-0.05, 0) is 34.4 Å². The number of ether oxygens (including phenoxy) is 2. The van der Waals surface area contributed by atoms with Gasteiger partial charge in [0, 0.05) is 0 Å². The van der Waals surface area contributed by atoms with E-state index in [-0.39, 0.29) is 11.1 Å². The Morgan fingerprint density at radius 3 is 1.30 bits per heavy atom. The molecule has 160 valence electrons. The van der Waals surface area contributed by atoms with E-state index in [1.54, 1.807) is 0 Å². The lowest BCUT2D eigenvalue weighted by atomic mass is 10.1. The average molecular weight is 439 g/mol. The molecule has 0 aliphatic heterocycles. The molecular formula is C25H34O3Si2. The highest BCUT2D eigenvalue weighted by Gasteiger charge is 2.27. The maximum Gasteiger partial charge on any atom is 0.518 e. The maximum absolute atomic E-state index is 12.1. The van der Waals surface area contributed by atoms with Crippen molar-refractivity contribution in [3.63, 3.8) is 0 Å². The first-order chi connectivity index (χ1) is 14.1. The molecule has 0 aromatic heterocycles. The third-order valence-corrected chi connectivity index (χ3v) is 9.84. The Balaban J connectivity index is 1.99. The fourth-order valence-electron chi connectivity index (χ4n) is 3.49. The summed E-state index contributed by atoms with van der Waals surface area (Å²) in [6.45, 7) is 13.8. The van der Waals surface area contributed by atoms with Gasteiger partial charge in [-0.15, -0.1) is 0 Å². The van der Waals surface area contributed by atoms with Gasteiger partial charge in [0.25, 0.3) is 0 Å². The summed E-state index contributed by atoms with van der Waals surface area (Å²) in [7, 11) is -3.05. The minimum atomic E-state index is -1.53. The van der Waals surface area contributed by atoms with Crippen LogP contribution in [0.1, 0.15) is 22.2 Å². The van der Waals surface area contributed by atoms with E-state index in [0.29, 0.717) is 0 Å². The van der Waals surface area contributed by atoms with E-state index < -0.39 is 22.3 Å². The molecule has 2 rings (SSSR count). The minimum Gasteiger partial charge on any atom is -0.403 e. The monoisotopic (exact) mass is 438 g/mol. The molecule has 30 heavy (non-hydrogen) atoms. The van der Waals surface area contributed by atoms with Gasteiger partial charge < -0.3 is 9.47 Å². The van der Waals surface area contributed by atoms with Crippen LogP contribution in [0.4, 0.5) is 4.79 Å². The Bertz CT molecular complexity index is 776. The summed E-state index contributed by atoms with van der Waals surface area (Å²) < 4.78 is 10.4. The van der Waals surface area contributed by atoms with Crippen LogP contribution in [-0.2, 0) is 9.47 Å². The topological polar surface area (TPSA) is 35.5 Å². The number of allylic oxidation sites excluding steroid dienone is 2.